The van der Waals surface area contributed by atoms with Crippen LogP contribution in [0.4, 0.5) is 10.2 Å². The van der Waals surface area contributed by atoms with E-state index in [2.05, 4.69) is 15.5 Å². The van der Waals surface area contributed by atoms with Crippen LogP contribution in [0.15, 0.2) is 12.1 Å². The number of nitrogens with one attached hydrogen (secondary N) is 1. The largest absolute Gasteiger partial charge is 0.507 e. The molecule has 2 saturated carbocycles. The number of phenolic OH excluding ortho intramolecular Hbond substituents is 1. The standard InChI is InChI=1S/C19H20FN3O2.C6H12O/c1-21-19-17-13(6-10-4-5-16(17)25-10)18(22-23-19)12-7-14(20)11(8-15(12)24)9-2-3-9;7-6-4-2-1-3-5-6/h7-10,16,24H,2-6H2,1H3,(H,21,23);6-7H,1-5H2. The molecule has 2 aliphatic carbocycles. The van der Waals surface area contributed by atoms with E-state index in [0.717, 1.165) is 56.1 Å². The van der Waals surface area contributed by atoms with Crippen molar-refractivity contribution in [3.8, 4) is 17.0 Å². The Labute approximate surface area is 188 Å². The molecule has 1 aromatic carbocycles. The minimum atomic E-state index is -0.265. The molecule has 6 nitrogen and oxygen atoms in total. The molecule has 172 valence electrons. The van der Waals surface area contributed by atoms with Gasteiger partial charge in [-0.05, 0) is 67.7 Å². The summed E-state index contributed by atoms with van der Waals surface area (Å²) in [5, 5.41) is 31.1. The van der Waals surface area contributed by atoms with Crippen molar-refractivity contribution in [2.45, 2.75) is 88.4 Å². The zero-order chi connectivity index (χ0) is 22.2. The second-order valence-electron chi connectivity index (χ2n) is 9.52. The molecule has 0 radical (unpaired) electrons. The minimum absolute atomic E-state index is 0.00294. The number of fused-ring (bicyclic) bond motifs is 4. The summed E-state index contributed by atoms with van der Waals surface area (Å²) in [6.07, 6.45) is 10.8. The molecular weight excluding hydrogens is 409 g/mol. The maximum atomic E-state index is 14.6. The fourth-order valence-corrected chi connectivity index (χ4v) is 5.29. The number of aliphatic hydroxyl groups excluding tert-OH is 1. The molecular formula is C25H32FN3O3. The third-order valence-electron chi connectivity index (χ3n) is 7.18. The van der Waals surface area contributed by atoms with Crippen LogP contribution in [0.2, 0.25) is 0 Å². The highest BCUT2D eigenvalue weighted by atomic mass is 19.1. The number of nitrogens with zero attached hydrogens (tertiary/aromatic N) is 2. The number of benzene rings is 1. The van der Waals surface area contributed by atoms with Crippen LogP contribution in [0.5, 0.6) is 5.75 Å². The van der Waals surface area contributed by atoms with E-state index in [1.165, 1.54) is 25.3 Å². The maximum absolute atomic E-state index is 14.6. The summed E-state index contributed by atoms with van der Waals surface area (Å²) in [6.45, 7) is 0. The van der Waals surface area contributed by atoms with Gasteiger partial charge in [-0.3, -0.25) is 0 Å². The monoisotopic (exact) mass is 441 g/mol. The van der Waals surface area contributed by atoms with Gasteiger partial charge in [0.1, 0.15) is 17.3 Å². The molecule has 2 unspecified atom stereocenters. The molecule has 6 rings (SSSR count). The van der Waals surface area contributed by atoms with E-state index >= 15 is 0 Å². The number of aromatic hydroxyl groups is 1. The second kappa shape index (κ2) is 8.94. The summed E-state index contributed by atoms with van der Waals surface area (Å²) in [5.41, 5.74) is 3.64. The molecule has 3 heterocycles. The van der Waals surface area contributed by atoms with Gasteiger partial charge >= 0.3 is 0 Å². The van der Waals surface area contributed by atoms with Crippen molar-refractivity contribution >= 4 is 5.82 Å². The van der Waals surface area contributed by atoms with Crippen molar-refractivity contribution in [2.24, 2.45) is 0 Å². The van der Waals surface area contributed by atoms with Gasteiger partial charge in [-0.25, -0.2) is 4.39 Å². The number of aliphatic hydroxyl groups is 1. The number of anilines is 1. The lowest BCUT2D eigenvalue weighted by atomic mass is 9.93. The Hall–Kier alpha value is -2.25. The molecule has 2 atom stereocenters. The van der Waals surface area contributed by atoms with Gasteiger partial charge in [0.2, 0.25) is 0 Å². The lowest BCUT2D eigenvalue weighted by Crippen LogP contribution is -2.21. The number of ether oxygens (including phenoxy) is 1. The predicted molar refractivity (Wildman–Crippen MR) is 120 cm³/mol. The van der Waals surface area contributed by atoms with Crippen LogP contribution in [-0.4, -0.2) is 39.7 Å². The van der Waals surface area contributed by atoms with Gasteiger partial charge in [-0.1, -0.05) is 19.3 Å². The Kier molecular flexibility index (Phi) is 6.03. The molecule has 3 N–H and O–H groups in total. The first kappa shape index (κ1) is 21.6. The summed E-state index contributed by atoms with van der Waals surface area (Å²) in [7, 11) is 1.81. The van der Waals surface area contributed by atoms with Crippen molar-refractivity contribution in [3.05, 3.63) is 34.6 Å². The Morgan fingerprint density at radius 3 is 2.47 bits per heavy atom. The van der Waals surface area contributed by atoms with E-state index in [4.69, 9.17) is 9.84 Å². The quantitative estimate of drug-likeness (QED) is 0.622. The number of hydrogen-bond acceptors (Lipinski definition) is 6. The number of phenols is 1. The normalized spacial score (nSPS) is 24.5. The van der Waals surface area contributed by atoms with Crippen molar-refractivity contribution in [3.63, 3.8) is 0 Å². The highest BCUT2D eigenvalue weighted by molar-refractivity contribution is 5.73. The Bertz CT molecular complexity index is 989. The zero-order valence-corrected chi connectivity index (χ0v) is 18.6. The summed E-state index contributed by atoms with van der Waals surface area (Å²) in [6, 6.07) is 2.99. The average molecular weight is 442 g/mol. The van der Waals surface area contributed by atoms with E-state index in [-0.39, 0.29) is 35.8 Å². The van der Waals surface area contributed by atoms with Gasteiger partial charge in [-0.2, -0.15) is 0 Å². The fourth-order valence-electron chi connectivity index (χ4n) is 5.29. The second-order valence-corrected chi connectivity index (χ2v) is 9.52. The van der Waals surface area contributed by atoms with Crippen LogP contribution in [-0.2, 0) is 11.2 Å². The molecule has 0 amide bonds. The third kappa shape index (κ3) is 4.20. The average Bonchev–Trinajstić information content (AvgIpc) is 3.58. The lowest BCUT2D eigenvalue weighted by Gasteiger charge is -2.27. The van der Waals surface area contributed by atoms with Gasteiger partial charge in [0.25, 0.3) is 0 Å². The van der Waals surface area contributed by atoms with Gasteiger partial charge < -0.3 is 20.3 Å². The van der Waals surface area contributed by atoms with Crippen LogP contribution in [0.25, 0.3) is 11.3 Å². The van der Waals surface area contributed by atoms with Crippen molar-refractivity contribution in [1.29, 1.82) is 0 Å². The molecule has 0 spiro atoms. The summed E-state index contributed by atoms with van der Waals surface area (Å²) < 4.78 is 20.6. The lowest BCUT2D eigenvalue weighted by molar-refractivity contribution is 0.0326. The Balaban J connectivity index is 0.000000265. The van der Waals surface area contributed by atoms with Crippen molar-refractivity contribution < 1.29 is 19.3 Å². The minimum Gasteiger partial charge on any atom is -0.507 e. The number of halogens is 1. The van der Waals surface area contributed by atoms with Crippen LogP contribution in [0, 0.1) is 5.82 Å². The summed E-state index contributed by atoms with van der Waals surface area (Å²) in [4.78, 5) is 0. The molecule has 2 bridgehead atoms. The maximum Gasteiger partial charge on any atom is 0.154 e. The third-order valence-corrected chi connectivity index (χ3v) is 7.18. The van der Waals surface area contributed by atoms with Gasteiger partial charge in [-0.15, -0.1) is 10.2 Å². The molecule has 32 heavy (non-hydrogen) atoms. The summed E-state index contributed by atoms with van der Waals surface area (Å²) in [5.74, 6) is 0.768. The summed E-state index contributed by atoms with van der Waals surface area (Å²) >= 11 is 0. The first-order valence-electron chi connectivity index (χ1n) is 12.0. The van der Waals surface area contributed by atoms with E-state index in [1.54, 1.807) is 6.07 Å². The van der Waals surface area contributed by atoms with Crippen LogP contribution in [0.1, 0.15) is 86.5 Å². The van der Waals surface area contributed by atoms with Gasteiger partial charge in [0.05, 0.1) is 18.3 Å². The first-order chi connectivity index (χ1) is 15.5. The molecule has 4 aliphatic rings. The molecule has 3 fully saturated rings. The van der Waals surface area contributed by atoms with Gasteiger partial charge in [0.15, 0.2) is 5.82 Å². The molecule has 1 aromatic heterocycles. The van der Waals surface area contributed by atoms with E-state index in [9.17, 15) is 9.50 Å². The highest BCUT2D eigenvalue weighted by Crippen LogP contribution is 2.48. The molecule has 2 aromatic rings. The molecule has 7 heteroatoms. The number of rotatable bonds is 3. The first-order valence-corrected chi connectivity index (χ1v) is 12.0. The van der Waals surface area contributed by atoms with Crippen LogP contribution in [0.3, 0.4) is 0 Å². The van der Waals surface area contributed by atoms with E-state index in [1.807, 2.05) is 7.05 Å². The van der Waals surface area contributed by atoms with Crippen molar-refractivity contribution in [1.82, 2.24) is 10.2 Å². The zero-order valence-electron chi connectivity index (χ0n) is 18.6. The van der Waals surface area contributed by atoms with E-state index < -0.39 is 0 Å². The van der Waals surface area contributed by atoms with Gasteiger partial charge in [0, 0.05) is 24.6 Å². The SMILES string of the molecule is CNc1nnc(-c2cc(F)c(C3CC3)cc2O)c2c1C1CCC(C2)O1.OC1CCCCC1. The smallest absolute Gasteiger partial charge is 0.154 e. The molecule has 2 aliphatic heterocycles. The van der Waals surface area contributed by atoms with Crippen molar-refractivity contribution in [2.75, 3.05) is 12.4 Å². The number of aromatic nitrogens is 2. The fraction of sp³-hybridized carbons (Fsp3) is 0.600. The van der Waals surface area contributed by atoms with Crippen LogP contribution < -0.4 is 5.32 Å². The van der Waals surface area contributed by atoms with E-state index in [0.29, 0.717) is 22.6 Å². The number of hydrogen-bond donors (Lipinski definition) is 3. The van der Waals surface area contributed by atoms with Crippen LogP contribution >= 0.6 is 0 Å². The topological polar surface area (TPSA) is 87.5 Å². The highest BCUT2D eigenvalue weighted by Gasteiger charge is 2.38. The Morgan fingerprint density at radius 2 is 1.81 bits per heavy atom. The predicted octanol–water partition coefficient (Wildman–Crippen LogP) is 5.00. The molecule has 1 saturated heterocycles. The Morgan fingerprint density at radius 1 is 1.03 bits per heavy atom.